The van der Waals surface area contributed by atoms with Crippen molar-refractivity contribution < 1.29 is 4.84 Å². The van der Waals surface area contributed by atoms with E-state index in [0.717, 1.165) is 12.2 Å². The summed E-state index contributed by atoms with van der Waals surface area (Å²) in [6.07, 6.45) is 5.29. The van der Waals surface area contributed by atoms with Crippen LogP contribution in [0.25, 0.3) is 0 Å². The summed E-state index contributed by atoms with van der Waals surface area (Å²) in [5.74, 6) is 0. The normalized spacial score (nSPS) is 15.8. The van der Waals surface area contributed by atoms with Gasteiger partial charge in [0.1, 0.15) is 6.26 Å². The Morgan fingerprint density at radius 1 is 1.58 bits per heavy atom. The quantitative estimate of drug-likeness (QED) is 0.629. The van der Waals surface area contributed by atoms with E-state index in [2.05, 4.69) is 4.98 Å². The first-order valence-corrected chi connectivity index (χ1v) is 3.86. The van der Waals surface area contributed by atoms with E-state index in [1.165, 1.54) is 5.57 Å². The summed E-state index contributed by atoms with van der Waals surface area (Å²) in [5, 5.41) is 1.81. The molecule has 0 unspecified atom stereocenters. The van der Waals surface area contributed by atoms with Gasteiger partial charge in [-0.25, -0.2) is 5.06 Å². The van der Waals surface area contributed by atoms with Crippen molar-refractivity contribution >= 4 is 5.69 Å². The van der Waals surface area contributed by atoms with Crippen molar-refractivity contribution in [2.24, 2.45) is 0 Å². The molecule has 0 aromatic carbocycles. The number of aromatic nitrogens is 1. The largest absolute Gasteiger partial charge is 0.387 e. The molecule has 0 atom stereocenters. The Kier molecular flexibility index (Phi) is 1.70. The fourth-order valence-corrected chi connectivity index (χ4v) is 1.11. The van der Waals surface area contributed by atoms with Gasteiger partial charge in [0.15, 0.2) is 0 Å². The fourth-order valence-electron chi connectivity index (χ4n) is 1.11. The van der Waals surface area contributed by atoms with Crippen LogP contribution in [0.1, 0.15) is 6.92 Å². The van der Waals surface area contributed by atoms with E-state index in [1.54, 1.807) is 18.7 Å². The third kappa shape index (κ3) is 1.25. The molecule has 0 aliphatic carbocycles. The molecule has 1 aliphatic rings. The van der Waals surface area contributed by atoms with Crippen LogP contribution in [-0.4, -0.2) is 11.5 Å². The van der Waals surface area contributed by atoms with Gasteiger partial charge >= 0.3 is 0 Å². The molecule has 0 radical (unpaired) electrons. The number of anilines is 1. The number of nitrogens with zero attached hydrogens (tertiary/aromatic N) is 2. The van der Waals surface area contributed by atoms with E-state index in [4.69, 9.17) is 4.84 Å². The van der Waals surface area contributed by atoms with Gasteiger partial charge in [-0.3, -0.25) is 4.98 Å². The van der Waals surface area contributed by atoms with Crippen LogP contribution in [0.5, 0.6) is 0 Å². The third-order valence-corrected chi connectivity index (χ3v) is 1.71. The van der Waals surface area contributed by atoms with Crippen LogP contribution in [-0.2, 0) is 4.84 Å². The lowest BCUT2D eigenvalue weighted by Crippen LogP contribution is -2.17. The summed E-state index contributed by atoms with van der Waals surface area (Å²) < 4.78 is 0. The summed E-state index contributed by atoms with van der Waals surface area (Å²) in [5.41, 5.74) is 2.21. The molecule has 0 fully saturated rings. The minimum absolute atomic E-state index is 0.825. The molecule has 1 aromatic heterocycles. The predicted octanol–water partition coefficient (Wildman–Crippen LogP) is 1.74. The zero-order chi connectivity index (χ0) is 8.39. The van der Waals surface area contributed by atoms with Gasteiger partial charge < -0.3 is 4.84 Å². The molecule has 0 amide bonds. The van der Waals surface area contributed by atoms with Crippen LogP contribution in [0.2, 0.25) is 0 Å². The minimum atomic E-state index is 0.825. The Morgan fingerprint density at radius 2 is 2.50 bits per heavy atom. The predicted molar refractivity (Wildman–Crippen MR) is 46.4 cm³/mol. The average molecular weight is 162 g/mol. The summed E-state index contributed by atoms with van der Waals surface area (Å²) in [6.45, 7) is 2.86. The van der Waals surface area contributed by atoms with Crippen molar-refractivity contribution in [3.05, 3.63) is 36.4 Å². The van der Waals surface area contributed by atoms with Crippen molar-refractivity contribution in [3.8, 4) is 0 Å². The lowest BCUT2D eigenvalue weighted by molar-refractivity contribution is 0.246. The number of hydrogen-bond donors (Lipinski definition) is 0. The molecule has 1 aliphatic heterocycles. The van der Waals surface area contributed by atoms with Crippen LogP contribution in [0.15, 0.2) is 36.4 Å². The lowest BCUT2D eigenvalue weighted by Gasteiger charge is -2.15. The molecule has 62 valence electrons. The standard InChI is InChI=1S/C9H10N2O/c1-8-6-11(12-7-8)9-3-2-4-10-5-9/h2-5,7H,6H2,1H3. The minimum Gasteiger partial charge on any atom is -0.387 e. The molecule has 0 bridgehead atoms. The SMILES string of the molecule is CC1=CON(c2cccnc2)C1. The number of rotatable bonds is 1. The van der Waals surface area contributed by atoms with E-state index in [9.17, 15) is 0 Å². The number of hydrogen-bond acceptors (Lipinski definition) is 3. The average Bonchev–Trinajstić information content (AvgIpc) is 2.54. The highest BCUT2D eigenvalue weighted by Gasteiger charge is 2.12. The Balaban J connectivity index is 2.14. The van der Waals surface area contributed by atoms with Crippen LogP contribution >= 0.6 is 0 Å². The molecule has 0 N–H and O–H groups in total. The Bertz CT molecular complexity index is 295. The van der Waals surface area contributed by atoms with Gasteiger partial charge in [-0.15, -0.1) is 0 Å². The molecule has 3 nitrogen and oxygen atoms in total. The highest BCUT2D eigenvalue weighted by atomic mass is 16.7. The molecule has 0 saturated carbocycles. The van der Waals surface area contributed by atoms with E-state index in [-0.39, 0.29) is 0 Å². The fraction of sp³-hybridized carbons (Fsp3) is 0.222. The second kappa shape index (κ2) is 2.85. The van der Waals surface area contributed by atoms with Crippen LogP contribution in [0.4, 0.5) is 5.69 Å². The molecular formula is C9H10N2O. The molecular weight excluding hydrogens is 152 g/mol. The first kappa shape index (κ1) is 7.16. The van der Waals surface area contributed by atoms with E-state index < -0.39 is 0 Å². The lowest BCUT2D eigenvalue weighted by atomic mass is 10.3. The Labute approximate surface area is 71.2 Å². The van der Waals surface area contributed by atoms with Gasteiger partial charge in [0.2, 0.25) is 0 Å². The van der Waals surface area contributed by atoms with Gasteiger partial charge in [0.25, 0.3) is 0 Å². The Hall–Kier alpha value is -1.51. The van der Waals surface area contributed by atoms with E-state index >= 15 is 0 Å². The number of pyridine rings is 1. The van der Waals surface area contributed by atoms with Gasteiger partial charge in [0, 0.05) is 6.20 Å². The maximum Gasteiger partial charge on any atom is 0.120 e. The van der Waals surface area contributed by atoms with Crippen LogP contribution in [0.3, 0.4) is 0 Å². The summed E-state index contributed by atoms with van der Waals surface area (Å²) in [7, 11) is 0. The first-order valence-electron chi connectivity index (χ1n) is 3.86. The van der Waals surface area contributed by atoms with Crippen molar-refractivity contribution in [2.45, 2.75) is 6.92 Å². The second-order valence-corrected chi connectivity index (χ2v) is 2.82. The maximum atomic E-state index is 5.28. The second-order valence-electron chi connectivity index (χ2n) is 2.82. The van der Waals surface area contributed by atoms with Gasteiger partial charge in [0.05, 0.1) is 18.4 Å². The monoisotopic (exact) mass is 162 g/mol. The third-order valence-electron chi connectivity index (χ3n) is 1.71. The maximum absolute atomic E-state index is 5.28. The molecule has 1 aromatic rings. The zero-order valence-corrected chi connectivity index (χ0v) is 6.90. The smallest absolute Gasteiger partial charge is 0.120 e. The van der Waals surface area contributed by atoms with Crippen molar-refractivity contribution in [3.63, 3.8) is 0 Å². The van der Waals surface area contributed by atoms with Crippen molar-refractivity contribution in [1.29, 1.82) is 0 Å². The van der Waals surface area contributed by atoms with Crippen molar-refractivity contribution in [1.82, 2.24) is 4.98 Å². The Morgan fingerprint density at radius 3 is 3.08 bits per heavy atom. The molecule has 0 spiro atoms. The summed E-state index contributed by atoms with van der Waals surface area (Å²) in [6, 6.07) is 3.87. The van der Waals surface area contributed by atoms with Crippen LogP contribution < -0.4 is 5.06 Å². The van der Waals surface area contributed by atoms with Gasteiger partial charge in [-0.05, 0) is 24.6 Å². The zero-order valence-electron chi connectivity index (χ0n) is 6.90. The van der Waals surface area contributed by atoms with E-state index in [1.807, 2.05) is 24.1 Å². The van der Waals surface area contributed by atoms with E-state index in [0.29, 0.717) is 0 Å². The summed E-state index contributed by atoms with van der Waals surface area (Å²) in [4.78, 5) is 9.29. The molecule has 0 saturated heterocycles. The van der Waals surface area contributed by atoms with Crippen LogP contribution in [0, 0.1) is 0 Å². The molecule has 3 heteroatoms. The molecule has 2 rings (SSSR count). The number of hydroxylamine groups is 1. The van der Waals surface area contributed by atoms with Crippen molar-refractivity contribution in [2.75, 3.05) is 11.6 Å². The highest BCUT2D eigenvalue weighted by Crippen LogP contribution is 2.18. The summed E-state index contributed by atoms with van der Waals surface area (Å²) >= 11 is 0. The topological polar surface area (TPSA) is 25.4 Å². The highest BCUT2D eigenvalue weighted by molar-refractivity contribution is 5.43. The van der Waals surface area contributed by atoms with Gasteiger partial charge in [-0.1, -0.05) is 0 Å². The molecule has 2 heterocycles. The molecule has 12 heavy (non-hydrogen) atoms. The first-order chi connectivity index (χ1) is 5.86. The van der Waals surface area contributed by atoms with Gasteiger partial charge in [-0.2, -0.15) is 0 Å².